The molecule has 0 aromatic heterocycles. The van der Waals surface area contributed by atoms with E-state index in [1.165, 1.54) is 0 Å². The predicted octanol–water partition coefficient (Wildman–Crippen LogP) is 5.16. The maximum atomic E-state index is 13.2. The Bertz CT molecular complexity index is 1040. The molecule has 7 nitrogen and oxygen atoms in total. The number of cyclic esters (lactones) is 1. The van der Waals surface area contributed by atoms with Gasteiger partial charge in [-0.05, 0) is 73.6 Å². The fourth-order valence-electron chi connectivity index (χ4n) is 4.53. The van der Waals surface area contributed by atoms with E-state index in [0.717, 1.165) is 57.2 Å². The molecule has 1 aromatic rings. The normalized spacial score (nSPS) is 24.4. The van der Waals surface area contributed by atoms with Crippen molar-refractivity contribution in [3.8, 4) is 5.75 Å². The van der Waals surface area contributed by atoms with Gasteiger partial charge in [0.1, 0.15) is 12.4 Å². The Kier molecular flexibility index (Phi) is 8.50. The van der Waals surface area contributed by atoms with Gasteiger partial charge in [-0.2, -0.15) is 0 Å². The van der Waals surface area contributed by atoms with Crippen molar-refractivity contribution in [2.24, 2.45) is 11.1 Å². The molecule has 1 N–H and O–H groups in total. The standard InChI is InChI=1S/C27H33ClN2O5/c1-18-7-5-9-20(29-35-17-24(32)30-12-3-2-4-13-30)15-22-25(27(33)34-14-6-8-18)21(19-10-11-19)16-23(31)26(22)28/h5-6,8-9,16,18-19,31H,2-4,7,10-15,17H2,1H3/b8-6+,9-5+,29-20-. The van der Waals surface area contributed by atoms with Crippen LogP contribution in [0.5, 0.6) is 5.75 Å². The summed E-state index contributed by atoms with van der Waals surface area (Å²) in [6.45, 7) is 3.59. The van der Waals surface area contributed by atoms with E-state index in [1.807, 2.05) is 24.3 Å². The van der Waals surface area contributed by atoms with Crippen LogP contribution in [0.1, 0.15) is 72.9 Å². The third kappa shape index (κ3) is 6.66. The van der Waals surface area contributed by atoms with Crippen LogP contribution < -0.4 is 0 Å². The van der Waals surface area contributed by atoms with Gasteiger partial charge in [0, 0.05) is 19.5 Å². The summed E-state index contributed by atoms with van der Waals surface area (Å²) in [4.78, 5) is 32.9. The van der Waals surface area contributed by atoms with Crippen molar-refractivity contribution in [2.75, 3.05) is 26.3 Å². The van der Waals surface area contributed by atoms with Gasteiger partial charge in [-0.3, -0.25) is 4.79 Å². The van der Waals surface area contributed by atoms with E-state index in [-0.39, 0.29) is 48.1 Å². The van der Waals surface area contributed by atoms with E-state index in [2.05, 4.69) is 12.1 Å². The lowest BCUT2D eigenvalue weighted by atomic mass is 9.93. The highest BCUT2D eigenvalue weighted by Crippen LogP contribution is 2.46. The zero-order valence-electron chi connectivity index (χ0n) is 20.2. The summed E-state index contributed by atoms with van der Waals surface area (Å²) in [6, 6.07) is 1.58. The van der Waals surface area contributed by atoms with Crippen molar-refractivity contribution in [3.05, 3.63) is 52.1 Å². The van der Waals surface area contributed by atoms with Crippen molar-refractivity contribution in [1.82, 2.24) is 4.90 Å². The van der Waals surface area contributed by atoms with Crippen LogP contribution in [-0.4, -0.2) is 53.9 Å². The fraction of sp³-hybridized carbons (Fsp3) is 0.519. The second-order valence-corrected chi connectivity index (χ2v) is 9.92. The lowest BCUT2D eigenvalue weighted by Gasteiger charge is -2.26. The molecule has 8 heteroatoms. The number of phenolic OH excluding ortho intramolecular Hbond substituents is 1. The summed E-state index contributed by atoms with van der Waals surface area (Å²) in [7, 11) is 0. The molecule has 2 heterocycles. The molecule has 3 aliphatic rings. The molecule has 4 rings (SSSR count). The number of amides is 1. The molecule has 35 heavy (non-hydrogen) atoms. The smallest absolute Gasteiger partial charge is 0.339 e. The molecule has 0 radical (unpaired) electrons. The Labute approximate surface area is 211 Å². The molecular weight excluding hydrogens is 468 g/mol. The number of nitrogens with zero attached hydrogens (tertiary/aromatic N) is 2. The summed E-state index contributed by atoms with van der Waals surface area (Å²) in [5, 5.41) is 14.9. The van der Waals surface area contributed by atoms with E-state index in [0.29, 0.717) is 16.8 Å². The number of allylic oxidation sites excluding steroid dienone is 3. The number of ether oxygens (including phenoxy) is 1. The van der Waals surface area contributed by atoms with E-state index >= 15 is 0 Å². The van der Waals surface area contributed by atoms with Crippen LogP contribution in [0.2, 0.25) is 5.02 Å². The largest absolute Gasteiger partial charge is 0.506 e. The summed E-state index contributed by atoms with van der Waals surface area (Å²) in [6.07, 6.45) is 13.6. The average molecular weight is 501 g/mol. The van der Waals surface area contributed by atoms with Crippen molar-refractivity contribution in [3.63, 3.8) is 0 Å². The topological polar surface area (TPSA) is 88.4 Å². The first-order chi connectivity index (χ1) is 16.9. The molecule has 0 bridgehead atoms. The van der Waals surface area contributed by atoms with Crippen LogP contribution >= 0.6 is 11.6 Å². The zero-order valence-corrected chi connectivity index (χ0v) is 20.9. The molecule has 0 spiro atoms. The maximum absolute atomic E-state index is 13.2. The summed E-state index contributed by atoms with van der Waals surface area (Å²) in [5.41, 5.74) is 2.12. The monoisotopic (exact) mass is 500 g/mol. The van der Waals surface area contributed by atoms with E-state index in [9.17, 15) is 14.7 Å². The number of hydrogen-bond acceptors (Lipinski definition) is 6. The van der Waals surface area contributed by atoms with E-state index in [1.54, 1.807) is 11.0 Å². The van der Waals surface area contributed by atoms with Crippen molar-refractivity contribution < 1.29 is 24.3 Å². The van der Waals surface area contributed by atoms with Gasteiger partial charge in [0.25, 0.3) is 5.91 Å². The van der Waals surface area contributed by atoms with Gasteiger partial charge in [-0.15, -0.1) is 0 Å². The molecule has 1 amide bonds. The fourth-order valence-corrected chi connectivity index (χ4v) is 4.75. The second-order valence-electron chi connectivity index (χ2n) is 9.54. The summed E-state index contributed by atoms with van der Waals surface area (Å²) < 4.78 is 5.55. The molecule has 188 valence electrons. The van der Waals surface area contributed by atoms with Gasteiger partial charge in [0.2, 0.25) is 0 Å². The SMILES string of the molecule is CC1/C=C/COC(=O)c2c(C3CC3)cc(O)c(Cl)c2CC(=N\OCC(=O)N2CCCCC2)/C=C/C1. The van der Waals surface area contributed by atoms with Gasteiger partial charge >= 0.3 is 5.97 Å². The number of oxime groups is 1. The Morgan fingerprint density at radius 1 is 1.26 bits per heavy atom. The number of carbonyl (C=O) groups excluding carboxylic acids is 2. The Morgan fingerprint density at radius 2 is 2.03 bits per heavy atom. The maximum Gasteiger partial charge on any atom is 0.339 e. The number of likely N-dealkylation sites (tertiary alicyclic amines) is 1. The first kappa shape index (κ1) is 25.3. The van der Waals surface area contributed by atoms with Gasteiger partial charge in [0.05, 0.1) is 16.3 Å². The lowest BCUT2D eigenvalue weighted by molar-refractivity contribution is -0.137. The number of carbonyl (C=O) groups is 2. The van der Waals surface area contributed by atoms with Crippen LogP contribution in [-0.2, 0) is 20.8 Å². The van der Waals surface area contributed by atoms with Crippen molar-refractivity contribution in [1.29, 1.82) is 0 Å². The van der Waals surface area contributed by atoms with Crippen LogP contribution in [0.15, 0.2) is 35.5 Å². The lowest BCUT2D eigenvalue weighted by Crippen LogP contribution is -2.37. The number of piperidine rings is 1. The molecule has 1 unspecified atom stereocenters. The number of phenols is 1. The molecular formula is C27H33ClN2O5. The third-order valence-corrected chi connectivity index (χ3v) is 7.05. The highest BCUT2D eigenvalue weighted by molar-refractivity contribution is 6.33. The first-order valence-corrected chi connectivity index (χ1v) is 12.8. The molecule has 2 aliphatic heterocycles. The average Bonchev–Trinajstić information content (AvgIpc) is 3.69. The van der Waals surface area contributed by atoms with Gasteiger partial charge in [-0.1, -0.05) is 41.9 Å². The predicted molar refractivity (Wildman–Crippen MR) is 135 cm³/mol. The van der Waals surface area contributed by atoms with E-state index in [4.69, 9.17) is 21.2 Å². The minimum Gasteiger partial charge on any atom is -0.506 e. The highest BCUT2D eigenvalue weighted by Gasteiger charge is 2.33. The molecule has 2 fully saturated rings. The van der Waals surface area contributed by atoms with Crippen molar-refractivity contribution >= 4 is 29.2 Å². The van der Waals surface area contributed by atoms with Crippen molar-refractivity contribution in [2.45, 2.75) is 57.8 Å². The number of esters is 1. The Hall–Kier alpha value is -2.80. The Morgan fingerprint density at radius 3 is 2.77 bits per heavy atom. The van der Waals surface area contributed by atoms with Crippen LogP contribution in [0.3, 0.4) is 0 Å². The van der Waals surface area contributed by atoms with Crippen LogP contribution in [0.4, 0.5) is 0 Å². The number of benzene rings is 1. The number of fused-ring (bicyclic) bond motifs is 1. The van der Waals surface area contributed by atoms with Gasteiger partial charge in [-0.25, -0.2) is 4.79 Å². The van der Waals surface area contributed by atoms with Gasteiger partial charge in [0.15, 0.2) is 6.61 Å². The van der Waals surface area contributed by atoms with Crippen LogP contribution in [0, 0.1) is 5.92 Å². The summed E-state index contributed by atoms with van der Waals surface area (Å²) >= 11 is 6.52. The third-order valence-electron chi connectivity index (χ3n) is 6.62. The molecule has 1 aromatic carbocycles. The highest BCUT2D eigenvalue weighted by atomic mass is 35.5. The zero-order chi connectivity index (χ0) is 24.8. The minimum absolute atomic E-state index is 0.0672. The Balaban J connectivity index is 1.64. The van der Waals surface area contributed by atoms with E-state index < -0.39 is 5.97 Å². The first-order valence-electron chi connectivity index (χ1n) is 12.4. The number of aromatic hydroxyl groups is 1. The van der Waals surface area contributed by atoms with Gasteiger partial charge < -0.3 is 19.6 Å². The molecule has 1 saturated carbocycles. The second kappa shape index (κ2) is 11.8. The molecule has 1 atom stereocenters. The number of halogens is 1. The number of hydrogen-bond donors (Lipinski definition) is 1. The van der Waals surface area contributed by atoms with Crippen LogP contribution in [0.25, 0.3) is 0 Å². The molecule has 1 aliphatic carbocycles. The molecule has 1 saturated heterocycles. The minimum atomic E-state index is -0.468. The summed E-state index contributed by atoms with van der Waals surface area (Å²) in [5.74, 6) is -0.185. The number of rotatable bonds is 4. The quantitative estimate of drug-likeness (QED) is 0.350.